The summed E-state index contributed by atoms with van der Waals surface area (Å²) in [7, 11) is 0. The summed E-state index contributed by atoms with van der Waals surface area (Å²) in [5, 5.41) is 0.374. The third kappa shape index (κ3) is 2.13. The fourth-order valence-corrected chi connectivity index (χ4v) is 3.57. The fraction of sp³-hybridized carbons (Fsp3) is 0.692. The van der Waals surface area contributed by atoms with Crippen LogP contribution in [0, 0.1) is 12.8 Å². The normalized spacial score (nSPS) is 28.2. The molecule has 0 bridgehead atoms. The van der Waals surface area contributed by atoms with Gasteiger partial charge in [-0.3, -0.25) is 0 Å². The van der Waals surface area contributed by atoms with Crippen molar-refractivity contribution in [3.05, 3.63) is 17.0 Å². The quantitative estimate of drug-likeness (QED) is 0.718. The molecule has 0 aromatic carbocycles. The van der Waals surface area contributed by atoms with Crippen LogP contribution >= 0.6 is 11.6 Å². The van der Waals surface area contributed by atoms with Crippen molar-refractivity contribution in [1.82, 2.24) is 9.97 Å². The van der Waals surface area contributed by atoms with Crippen LogP contribution in [0.15, 0.2) is 6.07 Å². The van der Waals surface area contributed by atoms with E-state index in [4.69, 9.17) is 11.6 Å². The van der Waals surface area contributed by atoms with Gasteiger partial charge >= 0.3 is 0 Å². The highest BCUT2D eigenvalue weighted by molar-refractivity contribution is 6.28. The van der Waals surface area contributed by atoms with Crippen molar-refractivity contribution in [3.8, 4) is 0 Å². The highest BCUT2D eigenvalue weighted by Crippen LogP contribution is 2.38. The van der Waals surface area contributed by atoms with Gasteiger partial charge in [0.05, 0.1) is 0 Å². The van der Waals surface area contributed by atoms with E-state index in [1.165, 1.54) is 32.1 Å². The molecule has 2 heterocycles. The second kappa shape index (κ2) is 4.45. The molecule has 0 radical (unpaired) electrons. The predicted octanol–water partition coefficient (Wildman–Crippen LogP) is 3.21. The standard InChI is InChI=1S/C13H18ClN3/c1-9-8-12(16-13(14)15-9)17-7-6-10-4-2-3-5-11(10)17/h8,10-11H,2-7H2,1H3. The maximum Gasteiger partial charge on any atom is 0.224 e. The van der Waals surface area contributed by atoms with Crippen molar-refractivity contribution in [2.75, 3.05) is 11.4 Å². The van der Waals surface area contributed by atoms with Crippen LogP contribution in [0.25, 0.3) is 0 Å². The first kappa shape index (κ1) is 11.3. The Bertz CT molecular complexity index is 401. The van der Waals surface area contributed by atoms with Gasteiger partial charge in [0.15, 0.2) is 0 Å². The second-order valence-corrected chi connectivity index (χ2v) is 5.57. The first-order chi connectivity index (χ1) is 8.24. The number of nitrogens with zero attached hydrogens (tertiary/aromatic N) is 3. The van der Waals surface area contributed by atoms with Crippen LogP contribution < -0.4 is 4.90 Å². The van der Waals surface area contributed by atoms with Gasteiger partial charge in [-0.25, -0.2) is 9.97 Å². The second-order valence-electron chi connectivity index (χ2n) is 5.23. The van der Waals surface area contributed by atoms with Gasteiger partial charge in [-0.2, -0.15) is 0 Å². The Morgan fingerprint density at radius 1 is 1.24 bits per heavy atom. The lowest BCUT2D eigenvalue weighted by molar-refractivity contribution is 0.341. The van der Waals surface area contributed by atoms with E-state index in [1.807, 2.05) is 6.92 Å². The largest absolute Gasteiger partial charge is 0.353 e. The smallest absolute Gasteiger partial charge is 0.224 e. The molecule has 2 atom stereocenters. The molecule has 3 nitrogen and oxygen atoms in total. The van der Waals surface area contributed by atoms with E-state index in [-0.39, 0.29) is 0 Å². The SMILES string of the molecule is Cc1cc(N2CCC3CCCCC32)nc(Cl)n1. The van der Waals surface area contributed by atoms with Gasteiger partial charge < -0.3 is 4.90 Å². The van der Waals surface area contributed by atoms with Crippen LogP contribution in [0.1, 0.15) is 37.8 Å². The average Bonchev–Trinajstić information content (AvgIpc) is 2.71. The van der Waals surface area contributed by atoms with E-state index in [9.17, 15) is 0 Å². The Morgan fingerprint density at radius 2 is 2.06 bits per heavy atom. The Morgan fingerprint density at radius 3 is 2.88 bits per heavy atom. The van der Waals surface area contributed by atoms with Gasteiger partial charge in [-0.05, 0) is 43.7 Å². The van der Waals surface area contributed by atoms with E-state index in [2.05, 4.69) is 20.9 Å². The van der Waals surface area contributed by atoms with Gasteiger partial charge in [-0.1, -0.05) is 12.8 Å². The number of aryl methyl sites for hydroxylation is 1. The number of rotatable bonds is 1. The van der Waals surface area contributed by atoms with Crippen molar-refractivity contribution in [2.45, 2.75) is 45.1 Å². The van der Waals surface area contributed by atoms with Crippen LogP contribution in [-0.2, 0) is 0 Å². The summed E-state index contributed by atoms with van der Waals surface area (Å²) in [6, 6.07) is 2.75. The maximum absolute atomic E-state index is 5.95. The van der Waals surface area contributed by atoms with Gasteiger partial charge in [0, 0.05) is 24.3 Å². The van der Waals surface area contributed by atoms with Gasteiger partial charge in [0.1, 0.15) is 5.82 Å². The molecule has 0 spiro atoms. The highest BCUT2D eigenvalue weighted by Gasteiger charge is 2.36. The van der Waals surface area contributed by atoms with Crippen LogP contribution in [-0.4, -0.2) is 22.6 Å². The molecular formula is C13H18ClN3. The summed E-state index contributed by atoms with van der Waals surface area (Å²) in [5.41, 5.74) is 0.958. The van der Waals surface area contributed by atoms with E-state index >= 15 is 0 Å². The molecule has 2 fully saturated rings. The minimum Gasteiger partial charge on any atom is -0.353 e. The molecule has 2 unspecified atom stereocenters. The fourth-order valence-electron chi connectivity index (χ4n) is 3.35. The molecule has 92 valence electrons. The van der Waals surface area contributed by atoms with Crippen molar-refractivity contribution in [3.63, 3.8) is 0 Å². The minimum absolute atomic E-state index is 0.374. The molecule has 1 saturated carbocycles. The first-order valence-electron chi connectivity index (χ1n) is 6.52. The zero-order chi connectivity index (χ0) is 11.8. The third-order valence-electron chi connectivity index (χ3n) is 4.12. The first-order valence-corrected chi connectivity index (χ1v) is 6.89. The molecule has 1 saturated heterocycles. The molecule has 0 amide bonds. The number of aromatic nitrogens is 2. The molecule has 1 aliphatic heterocycles. The number of hydrogen-bond donors (Lipinski definition) is 0. The Kier molecular flexibility index (Phi) is 2.95. The molecule has 0 N–H and O–H groups in total. The Hall–Kier alpha value is -0.830. The van der Waals surface area contributed by atoms with E-state index in [0.717, 1.165) is 24.0 Å². The zero-order valence-electron chi connectivity index (χ0n) is 10.2. The summed E-state index contributed by atoms with van der Waals surface area (Å²) in [6.07, 6.45) is 6.77. The van der Waals surface area contributed by atoms with Gasteiger partial charge in [0.2, 0.25) is 5.28 Å². The van der Waals surface area contributed by atoms with Crippen LogP contribution in [0.3, 0.4) is 0 Å². The lowest BCUT2D eigenvalue weighted by Crippen LogP contribution is -2.35. The summed E-state index contributed by atoms with van der Waals surface area (Å²) >= 11 is 5.95. The summed E-state index contributed by atoms with van der Waals surface area (Å²) in [6.45, 7) is 3.10. The molecule has 1 aromatic heterocycles. The molecule has 3 rings (SSSR count). The monoisotopic (exact) mass is 251 g/mol. The highest BCUT2D eigenvalue weighted by atomic mass is 35.5. The van der Waals surface area contributed by atoms with Crippen LogP contribution in [0.2, 0.25) is 5.28 Å². The summed E-state index contributed by atoms with van der Waals surface area (Å²) in [4.78, 5) is 11.0. The van der Waals surface area contributed by atoms with E-state index in [1.54, 1.807) is 0 Å². The van der Waals surface area contributed by atoms with Gasteiger partial charge in [0.25, 0.3) is 0 Å². The summed E-state index contributed by atoms with van der Waals surface area (Å²) in [5.74, 6) is 1.90. The zero-order valence-corrected chi connectivity index (χ0v) is 11.0. The number of halogens is 1. The van der Waals surface area contributed by atoms with Gasteiger partial charge in [-0.15, -0.1) is 0 Å². The molecular weight excluding hydrogens is 234 g/mol. The molecule has 2 aliphatic rings. The Labute approximate surface area is 107 Å². The summed E-state index contributed by atoms with van der Waals surface area (Å²) < 4.78 is 0. The average molecular weight is 252 g/mol. The predicted molar refractivity (Wildman–Crippen MR) is 69.5 cm³/mol. The third-order valence-corrected chi connectivity index (χ3v) is 4.29. The van der Waals surface area contributed by atoms with Crippen LogP contribution in [0.5, 0.6) is 0 Å². The molecule has 1 aliphatic carbocycles. The topological polar surface area (TPSA) is 29.0 Å². The Balaban J connectivity index is 1.88. The lowest BCUT2D eigenvalue weighted by Gasteiger charge is -2.32. The maximum atomic E-state index is 5.95. The number of anilines is 1. The van der Waals surface area contributed by atoms with E-state index < -0.39 is 0 Å². The lowest BCUT2D eigenvalue weighted by atomic mass is 9.85. The van der Waals surface area contributed by atoms with Crippen molar-refractivity contribution in [2.24, 2.45) is 5.92 Å². The molecule has 17 heavy (non-hydrogen) atoms. The van der Waals surface area contributed by atoms with Crippen LogP contribution in [0.4, 0.5) is 5.82 Å². The molecule has 1 aromatic rings. The molecule has 4 heteroatoms. The minimum atomic E-state index is 0.374. The van der Waals surface area contributed by atoms with E-state index in [0.29, 0.717) is 11.3 Å². The number of fused-ring (bicyclic) bond motifs is 1. The van der Waals surface area contributed by atoms with Crippen molar-refractivity contribution < 1.29 is 0 Å². The van der Waals surface area contributed by atoms with Crippen molar-refractivity contribution >= 4 is 17.4 Å². The van der Waals surface area contributed by atoms with Crippen molar-refractivity contribution in [1.29, 1.82) is 0 Å². The number of hydrogen-bond acceptors (Lipinski definition) is 3.